The van der Waals surface area contributed by atoms with Crippen LogP contribution in [0.1, 0.15) is 30.9 Å². The first-order chi connectivity index (χ1) is 12.5. The standard InChI is InChI=1S/C21H22N2O3/c1-14(24)23-12-9-15-7-8-16(13-18(15)23)22-20(25)21(10-11-21)17-5-3-4-6-19(17)26-2/h3-8,13H,9-12H2,1-2H3,(H,22,25). The van der Waals surface area contributed by atoms with Crippen LogP contribution in [-0.2, 0) is 21.4 Å². The van der Waals surface area contributed by atoms with Gasteiger partial charge in [0.1, 0.15) is 5.75 Å². The van der Waals surface area contributed by atoms with Gasteiger partial charge in [0.15, 0.2) is 0 Å². The van der Waals surface area contributed by atoms with Crippen LogP contribution in [0, 0.1) is 0 Å². The van der Waals surface area contributed by atoms with Crippen molar-refractivity contribution in [2.24, 2.45) is 0 Å². The first-order valence-electron chi connectivity index (χ1n) is 8.91. The molecule has 2 aliphatic rings. The smallest absolute Gasteiger partial charge is 0.235 e. The quantitative estimate of drug-likeness (QED) is 0.921. The van der Waals surface area contributed by atoms with E-state index >= 15 is 0 Å². The van der Waals surface area contributed by atoms with Crippen LogP contribution in [0.3, 0.4) is 0 Å². The van der Waals surface area contributed by atoms with Gasteiger partial charge in [0.2, 0.25) is 11.8 Å². The molecule has 1 saturated carbocycles. The summed E-state index contributed by atoms with van der Waals surface area (Å²) in [6.45, 7) is 2.27. The molecule has 0 radical (unpaired) electrons. The summed E-state index contributed by atoms with van der Waals surface area (Å²) < 4.78 is 5.45. The van der Waals surface area contributed by atoms with Gasteiger partial charge in [-0.05, 0) is 43.0 Å². The third-order valence-corrected chi connectivity index (χ3v) is 5.43. The number of fused-ring (bicyclic) bond motifs is 1. The van der Waals surface area contributed by atoms with Crippen molar-refractivity contribution in [3.8, 4) is 5.75 Å². The maximum absolute atomic E-state index is 13.0. The van der Waals surface area contributed by atoms with Gasteiger partial charge in [-0.25, -0.2) is 0 Å². The van der Waals surface area contributed by atoms with E-state index in [2.05, 4.69) is 5.32 Å². The molecule has 4 rings (SSSR count). The molecule has 1 fully saturated rings. The summed E-state index contributed by atoms with van der Waals surface area (Å²) in [5.41, 5.74) is 3.18. The zero-order valence-electron chi connectivity index (χ0n) is 15.0. The van der Waals surface area contributed by atoms with E-state index in [-0.39, 0.29) is 11.8 Å². The Kier molecular flexibility index (Phi) is 3.94. The highest BCUT2D eigenvalue weighted by molar-refractivity contribution is 6.03. The molecule has 0 unspecified atom stereocenters. The number of para-hydroxylation sites is 1. The molecule has 0 bridgehead atoms. The first kappa shape index (κ1) is 16.6. The molecule has 5 heteroatoms. The average Bonchev–Trinajstić information content (AvgIpc) is 3.35. The van der Waals surface area contributed by atoms with Gasteiger partial charge in [-0.15, -0.1) is 0 Å². The van der Waals surface area contributed by atoms with E-state index in [1.165, 1.54) is 0 Å². The van der Waals surface area contributed by atoms with Crippen LogP contribution in [0.25, 0.3) is 0 Å². The minimum Gasteiger partial charge on any atom is -0.496 e. The number of hydrogen-bond acceptors (Lipinski definition) is 3. The number of carbonyl (C=O) groups excluding carboxylic acids is 2. The third-order valence-electron chi connectivity index (χ3n) is 5.43. The summed E-state index contributed by atoms with van der Waals surface area (Å²) in [6.07, 6.45) is 2.47. The second-order valence-corrected chi connectivity index (χ2v) is 7.00. The summed E-state index contributed by atoms with van der Waals surface area (Å²) >= 11 is 0. The fourth-order valence-corrected chi connectivity index (χ4v) is 3.82. The minimum atomic E-state index is -0.522. The highest BCUT2D eigenvalue weighted by Crippen LogP contribution is 2.52. The van der Waals surface area contributed by atoms with E-state index in [1.54, 1.807) is 18.9 Å². The molecule has 1 N–H and O–H groups in total. The van der Waals surface area contributed by atoms with E-state index < -0.39 is 5.41 Å². The van der Waals surface area contributed by atoms with Crippen LogP contribution in [-0.4, -0.2) is 25.5 Å². The van der Waals surface area contributed by atoms with Crippen molar-refractivity contribution in [3.63, 3.8) is 0 Å². The zero-order valence-corrected chi connectivity index (χ0v) is 15.0. The summed E-state index contributed by atoms with van der Waals surface area (Å²) in [6, 6.07) is 13.5. The molecule has 0 aromatic heterocycles. The van der Waals surface area contributed by atoms with E-state index in [0.717, 1.165) is 47.5 Å². The van der Waals surface area contributed by atoms with Crippen molar-refractivity contribution in [2.75, 3.05) is 23.9 Å². The normalized spacial score (nSPS) is 16.8. The summed E-state index contributed by atoms with van der Waals surface area (Å²) in [4.78, 5) is 26.6. The number of benzene rings is 2. The number of nitrogens with one attached hydrogen (secondary N) is 1. The van der Waals surface area contributed by atoms with Gasteiger partial charge in [0, 0.05) is 30.4 Å². The van der Waals surface area contributed by atoms with Crippen LogP contribution in [0.5, 0.6) is 5.75 Å². The van der Waals surface area contributed by atoms with Crippen molar-refractivity contribution in [1.29, 1.82) is 0 Å². The fraction of sp³-hybridized carbons (Fsp3) is 0.333. The Morgan fingerprint density at radius 3 is 2.62 bits per heavy atom. The van der Waals surface area contributed by atoms with Gasteiger partial charge in [0.05, 0.1) is 12.5 Å². The Morgan fingerprint density at radius 2 is 1.92 bits per heavy atom. The lowest BCUT2D eigenvalue weighted by Crippen LogP contribution is -2.28. The summed E-state index contributed by atoms with van der Waals surface area (Å²) in [7, 11) is 1.63. The Labute approximate surface area is 153 Å². The maximum atomic E-state index is 13.0. The highest BCUT2D eigenvalue weighted by atomic mass is 16.5. The predicted octanol–water partition coefficient (Wildman–Crippen LogP) is 3.27. The van der Waals surface area contributed by atoms with Crippen molar-refractivity contribution in [2.45, 2.75) is 31.6 Å². The molecule has 0 saturated heterocycles. The van der Waals surface area contributed by atoms with Crippen molar-refractivity contribution in [3.05, 3.63) is 53.6 Å². The number of rotatable bonds is 4. The largest absolute Gasteiger partial charge is 0.496 e. The molecular formula is C21H22N2O3. The fourth-order valence-electron chi connectivity index (χ4n) is 3.82. The van der Waals surface area contributed by atoms with E-state index in [1.807, 2.05) is 42.5 Å². The van der Waals surface area contributed by atoms with Crippen molar-refractivity contribution in [1.82, 2.24) is 0 Å². The second kappa shape index (κ2) is 6.16. The lowest BCUT2D eigenvalue weighted by Gasteiger charge is -2.20. The molecule has 1 heterocycles. The van der Waals surface area contributed by atoms with E-state index in [9.17, 15) is 9.59 Å². The molecular weight excluding hydrogens is 328 g/mol. The Balaban J connectivity index is 1.60. The van der Waals surface area contributed by atoms with Crippen molar-refractivity contribution >= 4 is 23.2 Å². The zero-order chi connectivity index (χ0) is 18.3. The third kappa shape index (κ3) is 2.64. The molecule has 5 nitrogen and oxygen atoms in total. The van der Waals surface area contributed by atoms with Gasteiger partial charge in [-0.2, -0.15) is 0 Å². The first-order valence-corrected chi connectivity index (χ1v) is 8.91. The monoisotopic (exact) mass is 350 g/mol. The van der Waals surface area contributed by atoms with Crippen LogP contribution in [0.2, 0.25) is 0 Å². The molecule has 2 aromatic rings. The van der Waals surface area contributed by atoms with Gasteiger partial charge >= 0.3 is 0 Å². The summed E-state index contributed by atoms with van der Waals surface area (Å²) in [5, 5.41) is 3.05. The van der Waals surface area contributed by atoms with Crippen LogP contribution in [0.4, 0.5) is 11.4 Å². The SMILES string of the molecule is COc1ccccc1C1(C(=O)Nc2ccc3c(c2)N(C(C)=O)CC3)CC1. The van der Waals surface area contributed by atoms with Crippen LogP contribution in [0.15, 0.2) is 42.5 Å². The van der Waals surface area contributed by atoms with E-state index in [4.69, 9.17) is 4.74 Å². The number of amides is 2. The maximum Gasteiger partial charge on any atom is 0.235 e. The number of nitrogens with zero attached hydrogens (tertiary/aromatic N) is 1. The minimum absolute atomic E-state index is 0.0191. The molecule has 0 spiro atoms. The summed E-state index contributed by atoms with van der Waals surface area (Å²) in [5.74, 6) is 0.756. The molecule has 26 heavy (non-hydrogen) atoms. The molecule has 134 valence electrons. The number of methoxy groups -OCH3 is 1. The molecule has 1 aliphatic heterocycles. The average molecular weight is 350 g/mol. The number of carbonyl (C=O) groups is 2. The number of hydrogen-bond donors (Lipinski definition) is 1. The van der Waals surface area contributed by atoms with Crippen molar-refractivity contribution < 1.29 is 14.3 Å². The lowest BCUT2D eigenvalue weighted by atomic mass is 9.93. The molecule has 0 atom stereocenters. The van der Waals surface area contributed by atoms with E-state index in [0.29, 0.717) is 6.54 Å². The van der Waals surface area contributed by atoms with Crippen LogP contribution < -0.4 is 15.0 Å². The Morgan fingerprint density at radius 1 is 1.15 bits per heavy atom. The van der Waals surface area contributed by atoms with Gasteiger partial charge in [-0.1, -0.05) is 24.3 Å². The Bertz CT molecular complexity index is 887. The predicted molar refractivity (Wildman–Crippen MR) is 101 cm³/mol. The molecule has 2 aromatic carbocycles. The number of anilines is 2. The molecule has 2 amide bonds. The molecule has 1 aliphatic carbocycles. The lowest BCUT2D eigenvalue weighted by molar-refractivity contribution is -0.118. The van der Waals surface area contributed by atoms with Gasteiger partial charge in [0.25, 0.3) is 0 Å². The van der Waals surface area contributed by atoms with Crippen LogP contribution >= 0.6 is 0 Å². The highest BCUT2D eigenvalue weighted by Gasteiger charge is 2.52. The number of ether oxygens (including phenoxy) is 1. The van der Waals surface area contributed by atoms with Gasteiger partial charge < -0.3 is 15.0 Å². The Hall–Kier alpha value is -2.82. The van der Waals surface area contributed by atoms with Gasteiger partial charge in [-0.3, -0.25) is 9.59 Å². The second-order valence-electron chi connectivity index (χ2n) is 7.00. The topological polar surface area (TPSA) is 58.6 Å².